The van der Waals surface area contributed by atoms with Gasteiger partial charge < -0.3 is 10.4 Å². The number of hydrogen-bond donors (Lipinski definition) is 2. The van der Waals surface area contributed by atoms with E-state index >= 15 is 0 Å². The standard InChI is InChI=1S/C15H12F2N2O/c1-9-3-2-4-14(11(9)7-18)19-8-10-5-12(16)15(20)13(17)6-10/h2-6,19-20H,8H2,1H3. The summed E-state index contributed by atoms with van der Waals surface area (Å²) in [5.41, 5.74) is 2.25. The number of phenolic OH excluding ortho intramolecular Hbond substituents is 1. The number of aromatic hydroxyl groups is 1. The summed E-state index contributed by atoms with van der Waals surface area (Å²) in [6.45, 7) is 1.95. The van der Waals surface area contributed by atoms with Gasteiger partial charge in [0.15, 0.2) is 17.4 Å². The molecule has 5 heteroatoms. The van der Waals surface area contributed by atoms with Gasteiger partial charge in [-0.25, -0.2) is 8.78 Å². The number of rotatable bonds is 3. The Labute approximate surface area is 115 Å². The summed E-state index contributed by atoms with van der Waals surface area (Å²) in [4.78, 5) is 0. The van der Waals surface area contributed by atoms with Crippen molar-refractivity contribution in [3.8, 4) is 11.8 Å². The average Bonchev–Trinajstić information content (AvgIpc) is 2.42. The van der Waals surface area contributed by atoms with Crippen molar-refractivity contribution in [2.75, 3.05) is 5.32 Å². The lowest BCUT2D eigenvalue weighted by Crippen LogP contribution is -2.03. The molecule has 102 valence electrons. The van der Waals surface area contributed by atoms with Crippen molar-refractivity contribution in [2.24, 2.45) is 0 Å². The Morgan fingerprint density at radius 3 is 2.50 bits per heavy atom. The van der Waals surface area contributed by atoms with Crippen LogP contribution in [0.25, 0.3) is 0 Å². The number of phenols is 1. The molecule has 0 aliphatic heterocycles. The van der Waals surface area contributed by atoms with Gasteiger partial charge in [-0.3, -0.25) is 0 Å². The third-order valence-electron chi connectivity index (χ3n) is 2.94. The van der Waals surface area contributed by atoms with Crippen LogP contribution in [0.5, 0.6) is 5.75 Å². The topological polar surface area (TPSA) is 56.0 Å². The van der Waals surface area contributed by atoms with Gasteiger partial charge in [-0.05, 0) is 36.2 Å². The quantitative estimate of drug-likeness (QED) is 0.901. The van der Waals surface area contributed by atoms with E-state index in [4.69, 9.17) is 10.4 Å². The van der Waals surface area contributed by atoms with Crippen LogP contribution in [-0.4, -0.2) is 5.11 Å². The number of anilines is 1. The van der Waals surface area contributed by atoms with Gasteiger partial charge in [-0.1, -0.05) is 12.1 Å². The minimum Gasteiger partial charge on any atom is -0.503 e. The van der Waals surface area contributed by atoms with Crippen LogP contribution in [0.2, 0.25) is 0 Å². The molecule has 0 bridgehead atoms. The average molecular weight is 274 g/mol. The molecule has 0 saturated carbocycles. The van der Waals surface area contributed by atoms with Crippen molar-refractivity contribution in [3.05, 3.63) is 58.7 Å². The van der Waals surface area contributed by atoms with Gasteiger partial charge in [-0.15, -0.1) is 0 Å². The molecule has 2 aromatic carbocycles. The van der Waals surface area contributed by atoms with Gasteiger partial charge in [0.25, 0.3) is 0 Å². The monoisotopic (exact) mass is 274 g/mol. The van der Waals surface area contributed by atoms with E-state index in [1.165, 1.54) is 0 Å². The molecular weight excluding hydrogens is 262 g/mol. The van der Waals surface area contributed by atoms with Crippen molar-refractivity contribution in [1.82, 2.24) is 0 Å². The van der Waals surface area contributed by atoms with Crippen LogP contribution < -0.4 is 5.32 Å². The summed E-state index contributed by atoms with van der Waals surface area (Å²) in [6, 6.07) is 9.50. The molecule has 0 aliphatic carbocycles. The second-order valence-electron chi connectivity index (χ2n) is 4.37. The SMILES string of the molecule is Cc1cccc(NCc2cc(F)c(O)c(F)c2)c1C#N. The smallest absolute Gasteiger partial charge is 0.187 e. The Kier molecular flexibility index (Phi) is 3.85. The lowest BCUT2D eigenvalue weighted by atomic mass is 10.1. The fraction of sp³-hybridized carbons (Fsp3) is 0.133. The molecule has 0 aliphatic rings. The van der Waals surface area contributed by atoms with Crippen LogP contribution in [0, 0.1) is 29.9 Å². The molecule has 2 N–H and O–H groups in total. The molecule has 0 aromatic heterocycles. The highest BCUT2D eigenvalue weighted by Crippen LogP contribution is 2.23. The number of nitriles is 1. The van der Waals surface area contributed by atoms with Gasteiger partial charge in [0.2, 0.25) is 0 Å². The Bertz CT molecular complexity index is 670. The third kappa shape index (κ3) is 2.69. The molecule has 2 aromatic rings. The normalized spacial score (nSPS) is 10.1. The van der Waals surface area contributed by atoms with Crippen LogP contribution in [0.15, 0.2) is 30.3 Å². The molecule has 0 heterocycles. The zero-order valence-corrected chi connectivity index (χ0v) is 10.7. The maximum Gasteiger partial charge on any atom is 0.187 e. The predicted molar refractivity (Wildman–Crippen MR) is 71.2 cm³/mol. The van der Waals surface area contributed by atoms with Crippen molar-refractivity contribution in [2.45, 2.75) is 13.5 Å². The zero-order chi connectivity index (χ0) is 14.7. The third-order valence-corrected chi connectivity index (χ3v) is 2.94. The highest BCUT2D eigenvalue weighted by Gasteiger charge is 2.10. The van der Waals surface area contributed by atoms with Crippen LogP contribution in [0.1, 0.15) is 16.7 Å². The maximum atomic E-state index is 13.2. The van der Waals surface area contributed by atoms with Gasteiger partial charge in [0.1, 0.15) is 6.07 Å². The summed E-state index contributed by atoms with van der Waals surface area (Å²) in [7, 11) is 0. The summed E-state index contributed by atoms with van der Waals surface area (Å²) in [5, 5.41) is 21.1. The first-order valence-electron chi connectivity index (χ1n) is 5.93. The number of halogens is 2. The summed E-state index contributed by atoms with van der Waals surface area (Å²) < 4.78 is 26.4. The van der Waals surface area contributed by atoms with Crippen molar-refractivity contribution < 1.29 is 13.9 Å². The van der Waals surface area contributed by atoms with Crippen molar-refractivity contribution >= 4 is 5.69 Å². The number of aryl methyl sites for hydroxylation is 1. The van der Waals surface area contributed by atoms with Gasteiger partial charge in [0.05, 0.1) is 11.3 Å². The first-order chi connectivity index (χ1) is 9.52. The van der Waals surface area contributed by atoms with E-state index in [0.29, 0.717) is 16.8 Å². The Morgan fingerprint density at radius 1 is 1.25 bits per heavy atom. The molecule has 20 heavy (non-hydrogen) atoms. The fourth-order valence-electron chi connectivity index (χ4n) is 1.88. The number of hydrogen-bond acceptors (Lipinski definition) is 3. The predicted octanol–water partition coefficient (Wildman–Crippen LogP) is 3.46. The number of nitrogens with zero attached hydrogens (tertiary/aromatic N) is 1. The molecule has 3 nitrogen and oxygen atoms in total. The molecule has 0 spiro atoms. The van der Waals surface area contributed by atoms with Crippen LogP contribution in [-0.2, 0) is 6.54 Å². The van der Waals surface area contributed by atoms with E-state index < -0.39 is 17.4 Å². The van der Waals surface area contributed by atoms with E-state index in [9.17, 15) is 8.78 Å². The molecule has 0 saturated heterocycles. The molecule has 0 fully saturated rings. The van der Waals surface area contributed by atoms with Gasteiger partial charge >= 0.3 is 0 Å². The molecular formula is C15H12F2N2O. The van der Waals surface area contributed by atoms with Crippen LogP contribution in [0.3, 0.4) is 0 Å². The van der Waals surface area contributed by atoms with Crippen molar-refractivity contribution in [3.63, 3.8) is 0 Å². The largest absolute Gasteiger partial charge is 0.503 e. The minimum atomic E-state index is -1.01. The Balaban J connectivity index is 2.22. The summed E-state index contributed by atoms with van der Waals surface area (Å²) in [5.74, 6) is -3.00. The molecule has 0 atom stereocenters. The zero-order valence-electron chi connectivity index (χ0n) is 10.7. The maximum absolute atomic E-state index is 13.2. The van der Waals surface area contributed by atoms with E-state index in [2.05, 4.69) is 11.4 Å². The fourth-order valence-corrected chi connectivity index (χ4v) is 1.88. The van der Waals surface area contributed by atoms with E-state index in [-0.39, 0.29) is 6.54 Å². The number of benzene rings is 2. The first kappa shape index (κ1) is 13.8. The molecule has 0 unspecified atom stereocenters. The van der Waals surface area contributed by atoms with E-state index in [1.54, 1.807) is 12.1 Å². The van der Waals surface area contributed by atoms with E-state index in [1.807, 2.05) is 13.0 Å². The lowest BCUT2D eigenvalue weighted by molar-refractivity contribution is 0.395. The highest BCUT2D eigenvalue weighted by molar-refractivity contribution is 5.60. The summed E-state index contributed by atoms with van der Waals surface area (Å²) >= 11 is 0. The minimum absolute atomic E-state index is 0.145. The summed E-state index contributed by atoms with van der Waals surface area (Å²) in [6.07, 6.45) is 0. The van der Waals surface area contributed by atoms with Gasteiger partial charge in [0, 0.05) is 6.54 Å². The first-order valence-corrected chi connectivity index (χ1v) is 5.93. The lowest BCUT2D eigenvalue weighted by Gasteiger charge is -2.10. The molecule has 0 amide bonds. The Morgan fingerprint density at radius 2 is 1.90 bits per heavy atom. The highest BCUT2D eigenvalue weighted by atomic mass is 19.1. The van der Waals surface area contributed by atoms with Gasteiger partial charge in [-0.2, -0.15) is 5.26 Å². The van der Waals surface area contributed by atoms with Crippen LogP contribution >= 0.6 is 0 Å². The van der Waals surface area contributed by atoms with E-state index in [0.717, 1.165) is 17.7 Å². The van der Waals surface area contributed by atoms with Crippen molar-refractivity contribution in [1.29, 1.82) is 5.26 Å². The van der Waals surface area contributed by atoms with Crippen LogP contribution in [0.4, 0.5) is 14.5 Å². The second-order valence-corrected chi connectivity index (χ2v) is 4.37. The molecule has 2 rings (SSSR count). The number of nitrogens with one attached hydrogen (secondary N) is 1. The second kappa shape index (κ2) is 5.57. The molecule has 0 radical (unpaired) electrons. The Hall–Kier alpha value is -2.61.